The molecule has 0 radical (unpaired) electrons. The number of aliphatic carboxylic acids is 1. The van der Waals surface area contributed by atoms with E-state index in [2.05, 4.69) is 6.92 Å². The predicted octanol–water partition coefficient (Wildman–Crippen LogP) is 3.54. The van der Waals surface area contributed by atoms with Crippen LogP contribution in [0.4, 0.5) is 0 Å². The third-order valence-corrected chi connectivity index (χ3v) is 5.45. The highest BCUT2D eigenvalue weighted by Crippen LogP contribution is 2.26. The molecular formula is C19H21NO4S. The van der Waals surface area contributed by atoms with Gasteiger partial charge in [0.25, 0.3) is 5.91 Å². The number of hydrogen-bond donors (Lipinski definition) is 1. The number of benzene rings is 1. The summed E-state index contributed by atoms with van der Waals surface area (Å²) in [4.78, 5) is 25.4. The van der Waals surface area contributed by atoms with Gasteiger partial charge in [-0.15, -0.1) is 0 Å². The zero-order valence-corrected chi connectivity index (χ0v) is 14.9. The van der Waals surface area contributed by atoms with E-state index in [9.17, 15) is 9.59 Å². The maximum atomic E-state index is 12.8. The van der Waals surface area contributed by atoms with Crippen molar-refractivity contribution in [3.05, 3.63) is 47.7 Å². The number of carbonyl (C=O) groups excluding carboxylic acids is 1. The molecule has 1 N–H and O–H groups in total. The van der Waals surface area contributed by atoms with E-state index in [0.29, 0.717) is 18.1 Å². The Balaban J connectivity index is 1.77. The molecule has 5 nitrogen and oxygen atoms in total. The second-order valence-electron chi connectivity index (χ2n) is 6.04. The summed E-state index contributed by atoms with van der Waals surface area (Å²) in [6.45, 7) is 2.64. The van der Waals surface area contributed by atoms with E-state index in [1.54, 1.807) is 28.8 Å². The number of thioether (sulfide) groups is 1. The molecule has 1 amide bonds. The summed E-state index contributed by atoms with van der Waals surface area (Å²) >= 11 is 1.68. The van der Waals surface area contributed by atoms with E-state index in [1.165, 1.54) is 5.56 Å². The van der Waals surface area contributed by atoms with Crippen molar-refractivity contribution in [3.63, 3.8) is 0 Å². The minimum atomic E-state index is -0.888. The first kappa shape index (κ1) is 17.6. The lowest BCUT2D eigenvalue weighted by molar-refractivity contribution is -0.138. The van der Waals surface area contributed by atoms with Crippen molar-refractivity contribution in [1.82, 2.24) is 4.90 Å². The monoisotopic (exact) mass is 359 g/mol. The highest BCUT2D eigenvalue weighted by Gasteiger charge is 2.31. The first-order valence-electron chi connectivity index (χ1n) is 8.38. The first-order chi connectivity index (χ1) is 12.1. The molecule has 2 heterocycles. The molecule has 3 rings (SSSR count). The van der Waals surface area contributed by atoms with Crippen molar-refractivity contribution in [1.29, 1.82) is 0 Å². The van der Waals surface area contributed by atoms with Crippen LogP contribution in [0.5, 0.6) is 0 Å². The van der Waals surface area contributed by atoms with Crippen LogP contribution < -0.4 is 0 Å². The Labute approximate surface area is 151 Å². The molecule has 1 saturated heterocycles. The molecule has 1 atom stereocenters. The summed E-state index contributed by atoms with van der Waals surface area (Å²) < 4.78 is 5.77. The van der Waals surface area contributed by atoms with Crippen molar-refractivity contribution < 1.29 is 19.1 Å². The van der Waals surface area contributed by atoms with Gasteiger partial charge in [0.05, 0.1) is 12.5 Å². The Bertz CT molecular complexity index is 753. The molecule has 0 bridgehead atoms. The van der Waals surface area contributed by atoms with Gasteiger partial charge in [-0.2, -0.15) is 11.8 Å². The van der Waals surface area contributed by atoms with E-state index in [0.717, 1.165) is 17.7 Å². The SMILES string of the molecule is CCc1ccc(-c2ccc(C(=O)N3CCSCC3CC(=O)O)o2)cc1. The summed E-state index contributed by atoms with van der Waals surface area (Å²) in [5, 5.41) is 9.06. The van der Waals surface area contributed by atoms with Gasteiger partial charge in [-0.1, -0.05) is 31.2 Å². The standard InChI is InChI=1S/C19H21NO4S/c1-2-13-3-5-14(6-4-13)16-7-8-17(24-16)19(23)20-9-10-25-12-15(20)11-18(21)22/h3-8,15H,2,9-12H2,1H3,(H,21,22). The fraction of sp³-hybridized carbons (Fsp3) is 0.368. The molecule has 1 unspecified atom stereocenters. The number of hydrogen-bond acceptors (Lipinski definition) is 4. The van der Waals surface area contributed by atoms with Crippen molar-refractivity contribution in [2.75, 3.05) is 18.1 Å². The fourth-order valence-corrected chi connectivity index (χ4v) is 4.01. The van der Waals surface area contributed by atoms with E-state index < -0.39 is 5.97 Å². The number of rotatable bonds is 5. The molecule has 1 aromatic heterocycles. The lowest BCUT2D eigenvalue weighted by Crippen LogP contribution is -2.47. The van der Waals surface area contributed by atoms with Gasteiger partial charge in [0.15, 0.2) is 5.76 Å². The number of carbonyl (C=O) groups is 2. The zero-order valence-electron chi connectivity index (χ0n) is 14.1. The molecule has 25 heavy (non-hydrogen) atoms. The minimum Gasteiger partial charge on any atom is -0.481 e. The van der Waals surface area contributed by atoms with Gasteiger partial charge in [0, 0.05) is 23.6 Å². The van der Waals surface area contributed by atoms with Crippen molar-refractivity contribution >= 4 is 23.6 Å². The molecule has 0 aliphatic carbocycles. The number of amides is 1. The van der Waals surface area contributed by atoms with E-state index in [1.807, 2.05) is 24.3 Å². The summed E-state index contributed by atoms with van der Waals surface area (Å²) in [6, 6.07) is 11.2. The maximum Gasteiger partial charge on any atom is 0.305 e. The van der Waals surface area contributed by atoms with Gasteiger partial charge in [-0.05, 0) is 24.1 Å². The largest absolute Gasteiger partial charge is 0.481 e. The Morgan fingerprint density at radius 1 is 1.24 bits per heavy atom. The number of furan rings is 1. The Hall–Kier alpha value is -2.21. The topological polar surface area (TPSA) is 70.8 Å². The molecule has 1 aliphatic rings. The lowest BCUT2D eigenvalue weighted by atomic mass is 10.1. The van der Waals surface area contributed by atoms with Gasteiger partial charge >= 0.3 is 5.97 Å². The summed E-state index contributed by atoms with van der Waals surface area (Å²) in [5.41, 5.74) is 2.17. The quantitative estimate of drug-likeness (QED) is 0.884. The van der Waals surface area contributed by atoms with Crippen LogP contribution in [-0.4, -0.2) is 46.0 Å². The average Bonchev–Trinajstić information content (AvgIpc) is 3.11. The predicted molar refractivity (Wildman–Crippen MR) is 97.9 cm³/mol. The summed E-state index contributed by atoms with van der Waals surface area (Å²) in [5.74, 6) is 1.24. The van der Waals surface area contributed by atoms with E-state index >= 15 is 0 Å². The number of carboxylic acid groups (broad SMARTS) is 1. The zero-order chi connectivity index (χ0) is 17.8. The van der Waals surface area contributed by atoms with Crippen LogP contribution in [0, 0.1) is 0 Å². The molecule has 2 aromatic rings. The summed E-state index contributed by atoms with van der Waals surface area (Å²) in [7, 11) is 0. The molecule has 0 saturated carbocycles. The second-order valence-corrected chi connectivity index (χ2v) is 7.19. The van der Waals surface area contributed by atoms with Crippen LogP contribution in [0.15, 0.2) is 40.8 Å². The van der Waals surface area contributed by atoms with E-state index in [4.69, 9.17) is 9.52 Å². The molecule has 0 spiro atoms. The van der Waals surface area contributed by atoms with Gasteiger partial charge in [0.2, 0.25) is 0 Å². The molecule has 1 aliphatic heterocycles. The summed E-state index contributed by atoms with van der Waals surface area (Å²) in [6.07, 6.45) is 0.935. The Morgan fingerprint density at radius 2 is 2.00 bits per heavy atom. The fourth-order valence-electron chi connectivity index (χ4n) is 2.95. The maximum absolute atomic E-state index is 12.8. The van der Waals surface area contributed by atoms with Gasteiger partial charge in [-0.3, -0.25) is 9.59 Å². The normalized spacial score (nSPS) is 17.5. The smallest absolute Gasteiger partial charge is 0.305 e. The van der Waals surface area contributed by atoms with Crippen LogP contribution in [0.3, 0.4) is 0 Å². The molecule has 6 heteroatoms. The van der Waals surface area contributed by atoms with Crippen LogP contribution >= 0.6 is 11.8 Å². The minimum absolute atomic E-state index is 0.0369. The molecular weight excluding hydrogens is 338 g/mol. The molecule has 1 aromatic carbocycles. The first-order valence-corrected chi connectivity index (χ1v) is 9.53. The van der Waals surface area contributed by atoms with Crippen molar-refractivity contribution in [2.24, 2.45) is 0 Å². The van der Waals surface area contributed by atoms with Crippen LogP contribution in [0.2, 0.25) is 0 Å². The Morgan fingerprint density at radius 3 is 2.68 bits per heavy atom. The van der Waals surface area contributed by atoms with Crippen LogP contribution in [0.1, 0.15) is 29.5 Å². The number of aryl methyl sites for hydroxylation is 1. The highest BCUT2D eigenvalue weighted by molar-refractivity contribution is 7.99. The average molecular weight is 359 g/mol. The Kier molecular flexibility index (Phi) is 5.48. The van der Waals surface area contributed by atoms with Crippen molar-refractivity contribution in [3.8, 4) is 11.3 Å². The lowest BCUT2D eigenvalue weighted by Gasteiger charge is -2.33. The van der Waals surface area contributed by atoms with Gasteiger partial charge in [-0.25, -0.2) is 0 Å². The van der Waals surface area contributed by atoms with Gasteiger partial charge in [0.1, 0.15) is 5.76 Å². The number of nitrogens with zero attached hydrogens (tertiary/aromatic N) is 1. The van der Waals surface area contributed by atoms with Crippen LogP contribution in [-0.2, 0) is 11.2 Å². The van der Waals surface area contributed by atoms with Gasteiger partial charge < -0.3 is 14.4 Å². The second kappa shape index (κ2) is 7.78. The highest BCUT2D eigenvalue weighted by atomic mass is 32.2. The third kappa shape index (κ3) is 4.07. The van der Waals surface area contributed by atoms with Crippen LogP contribution in [0.25, 0.3) is 11.3 Å². The molecule has 132 valence electrons. The van der Waals surface area contributed by atoms with Crippen molar-refractivity contribution in [2.45, 2.75) is 25.8 Å². The number of carboxylic acids is 1. The van der Waals surface area contributed by atoms with E-state index in [-0.39, 0.29) is 24.1 Å². The molecule has 1 fully saturated rings. The third-order valence-electron chi connectivity index (χ3n) is 4.36.